The Morgan fingerprint density at radius 1 is 0.963 bits per heavy atom. The fraction of sp³-hybridized carbons (Fsp3) is 0.343. The number of nitrogens with one attached hydrogen (secondary N) is 4. The number of carbonyl (C=O) groups is 5. The number of hydrogen-bond acceptors (Lipinski definition) is 11. The molecule has 2 aliphatic rings. The number of ether oxygens (including phenoxy) is 2. The largest absolute Gasteiger partial charge is 0.449 e. The van der Waals surface area contributed by atoms with E-state index in [2.05, 4.69) is 10.6 Å². The molecule has 5 amide bonds. The lowest BCUT2D eigenvalue weighted by molar-refractivity contribution is -0.385. The molecule has 54 heavy (non-hydrogen) atoms. The van der Waals surface area contributed by atoms with Crippen LogP contribution >= 0.6 is 0 Å². The van der Waals surface area contributed by atoms with E-state index in [0.29, 0.717) is 6.42 Å². The molecule has 19 heteroatoms. The molecule has 0 unspecified atom stereocenters. The van der Waals surface area contributed by atoms with E-state index in [1.165, 1.54) is 6.07 Å². The van der Waals surface area contributed by atoms with Gasteiger partial charge in [-0.15, -0.1) is 0 Å². The van der Waals surface area contributed by atoms with Crippen LogP contribution in [0.15, 0.2) is 66.7 Å². The SMILES string of the molecule is CC(C)(C)OC(=O)NNC(=O)c1ccc(NC(=O)[C@@H]2CCCN2C(=O)[C@H](CS(=O)(=O)O)NC(=O)OCC2c3ccccc3-c3ccccc32)cc1[N+](=O)[O-]. The van der Waals surface area contributed by atoms with Crippen LogP contribution in [-0.2, 0) is 29.2 Å². The number of nitro benzene ring substituents is 1. The fourth-order valence-electron chi connectivity index (χ4n) is 6.33. The van der Waals surface area contributed by atoms with Gasteiger partial charge >= 0.3 is 12.2 Å². The maximum Gasteiger partial charge on any atom is 0.426 e. The van der Waals surface area contributed by atoms with Gasteiger partial charge in [0.25, 0.3) is 21.7 Å². The smallest absolute Gasteiger partial charge is 0.426 e. The highest BCUT2D eigenvalue weighted by atomic mass is 32.2. The summed E-state index contributed by atoms with van der Waals surface area (Å²) in [5, 5.41) is 16.5. The first-order chi connectivity index (χ1) is 25.4. The molecule has 1 heterocycles. The number of alkyl carbamates (subject to hydrolysis) is 1. The molecule has 5 N–H and O–H groups in total. The molecule has 2 atom stereocenters. The molecular formula is C35H38N6O12S. The average molecular weight is 767 g/mol. The van der Waals surface area contributed by atoms with Gasteiger partial charge in [-0.25, -0.2) is 15.0 Å². The molecule has 0 radical (unpaired) electrons. The van der Waals surface area contributed by atoms with Gasteiger partial charge in [-0.05, 0) is 68.0 Å². The molecule has 18 nitrogen and oxygen atoms in total. The molecule has 0 aromatic heterocycles. The van der Waals surface area contributed by atoms with Crippen molar-refractivity contribution in [2.24, 2.45) is 0 Å². The minimum Gasteiger partial charge on any atom is -0.449 e. The number of carbonyl (C=O) groups excluding carboxylic acids is 5. The summed E-state index contributed by atoms with van der Waals surface area (Å²) in [5.74, 6) is -4.38. The van der Waals surface area contributed by atoms with Crippen LogP contribution in [0.2, 0.25) is 0 Å². The fourth-order valence-corrected chi connectivity index (χ4v) is 6.97. The van der Waals surface area contributed by atoms with Gasteiger partial charge in [0.2, 0.25) is 11.8 Å². The zero-order valence-electron chi connectivity index (χ0n) is 29.4. The Balaban J connectivity index is 1.25. The summed E-state index contributed by atoms with van der Waals surface area (Å²) >= 11 is 0. The van der Waals surface area contributed by atoms with Crippen molar-refractivity contribution in [2.45, 2.75) is 57.2 Å². The first kappa shape index (κ1) is 39.1. The molecule has 0 bridgehead atoms. The predicted molar refractivity (Wildman–Crippen MR) is 192 cm³/mol. The van der Waals surface area contributed by atoms with Crippen molar-refractivity contribution in [2.75, 3.05) is 24.2 Å². The van der Waals surface area contributed by atoms with Gasteiger partial charge in [-0.2, -0.15) is 8.42 Å². The zero-order valence-corrected chi connectivity index (χ0v) is 30.2. The molecule has 1 aliphatic carbocycles. The topological polar surface area (TPSA) is 253 Å². The minimum atomic E-state index is -4.83. The number of nitrogens with zero attached hydrogens (tertiary/aromatic N) is 2. The third-order valence-electron chi connectivity index (χ3n) is 8.53. The molecule has 1 fully saturated rings. The lowest BCUT2D eigenvalue weighted by atomic mass is 9.98. The Kier molecular flexibility index (Phi) is 11.5. The summed E-state index contributed by atoms with van der Waals surface area (Å²) in [7, 11) is -4.83. The Morgan fingerprint density at radius 3 is 2.19 bits per heavy atom. The highest BCUT2D eigenvalue weighted by molar-refractivity contribution is 7.85. The van der Waals surface area contributed by atoms with Crippen molar-refractivity contribution in [3.8, 4) is 11.1 Å². The van der Waals surface area contributed by atoms with E-state index in [4.69, 9.17) is 9.47 Å². The predicted octanol–water partition coefficient (Wildman–Crippen LogP) is 3.49. The van der Waals surface area contributed by atoms with Gasteiger partial charge in [-0.1, -0.05) is 48.5 Å². The van der Waals surface area contributed by atoms with Crippen LogP contribution in [0.4, 0.5) is 21.0 Å². The monoisotopic (exact) mass is 766 g/mol. The van der Waals surface area contributed by atoms with Crippen molar-refractivity contribution in [3.63, 3.8) is 0 Å². The van der Waals surface area contributed by atoms with Gasteiger partial charge in [0.05, 0.1) is 4.92 Å². The third kappa shape index (κ3) is 9.47. The van der Waals surface area contributed by atoms with Gasteiger partial charge in [-0.3, -0.25) is 34.5 Å². The standard InChI is InChI=1S/C35H38N6O12S/c1-35(2,3)53-34(46)39-38-30(42)25-15-14-20(17-29(25)41(47)48)36-31(43)28-13-8-16-40(28)32(44)27(19-54(49,50)51)37-33(45)52-18-26-23-11-6-4-9-21(23)22-10-5-7-12-24(22)26/h4-7,9-12,14-15,17,26-28H,8,13,16,18-19H2,1-3H3,(H,36,43)(H,37,45)(H,38,42)(H,39,46)(H,49,50,51)/t27-,28-/m0/s1. The molecule has 1 aliphatic heterocycles. The Morgan fingerprint density at radius 2 is 1.59 bits per heavy atom. The van der Waals surface area contributed by atoms with Gasteiger partial charge in [0.1, 0.15) is 35.6 Å². The molecule has 0 spiro atoms. The van der Waals surface area contributed by atoms with Crippen molar-refractivity contribution < 1.29 is 51.3 Å². The summed E-state index contributed by atoms with van der Waals surface area (Å²) in [6.07, 6.45) is -1.72. The third-order valence-corrected chi connectivity index (χ3v) is 9.29. The number of benzene rings is 3. The van der Waals surface area contributed by atoms with E-state index in [1.54, 1.807) is 20.8 Å². The normalized spacial score (nSPS) is 15.6. The number of hydrogen-bond donors (Lipinski definition) is 5. The molecule has 0 saturated carbocycles. The first-order valence-corrected chi connectivity index (χ1v) is 18.3. The lowest BCUT2D eigenvalue weighted by Gasteiger charge is -2.28. The van der Waals surface area contributed by atoms with Crippen LogP contribution < -0.4 is 21.5 Å². The maximum absolute atomic E-state index is 13.7. The van der Waals surface area contributed by atoms with Crippen molar-refractivity contribution in [1.82, 2.24) is 21.1 Å². The number of nitro groups is 1. The second-order valence-corrected chi connectivity index (χ2v) is 15.0. The highest BCUT2D eigenvalue weighted by Crippen LogP contribution is 2.44. The number of anilines is 1. The van der Waals surface area contributed by atoms with E-state index in [-0.39, 0.29) is 31.2 Å². The van der Waals surface area contributed by atoms with Crippen LogP contribution in [0.3, 0.4) is 0 Å². The molecule has 3 aromatic rings. The number of hydrazine groups is 1. The van der Waals surface area contributed by atoms with Crippen LogP contribution in [0, 0.1) is 10.1 Å². The van der Waals surface area contributed by atoms with E-state index in [0.717, 1.165) is 39.3 Å². The second kappa shape index (κ2) is 15.9. The number of rotatable bonds is 10. The van der Waals surface area contributed by atoms with Gasteiger partial charge in [0.15, 0.2) is 0 Å². The van der Waals surface area contributed by atoms with E-state index < -0.39 is 79.6 Å². The Bertz CT molecular complexity index is 2060. The maximum atomic E-state index is 13.7. The van der Waals surface area contributed by atoms with Crippen molar-refractivity contribution in [3.05, 3.63) is 93.5 Å². The summed E-state index contributed by atoms with van der Waals surface area (Å²) in [6.45, 7) is 4.61. The summed E-state index contributed by atoms with van der Waals surface area (Å²) in [6, 6.07) is 15.3. The van der Waals surface area contributed by atoms with Crippen molar-refractivity contribution >= 4 is 51.4 Å². The van der Waals surface area contributed by atoms with Crippen molar-refractivity contribution in [1.29, 1.82) is 0 Å². The first-order valence-electron chi connectivity index (χ1n) is 16.7. The number of amides is 5. The molecule has 1 saturated heterocycles. The van der Waals surface area contributed by atoms with E-state index >= 15 is 0 Å². The summed E-state index contributed by atoms with van der Waals surface area (Å²) in [4.78, 5) is 76.6. The Labute approximate surface area is 309 Å². The van der Waals surface area contributed by atoms with Crippen LogP contribution in [0.1, 0.15) is 61.0 Å². The number of fused-ring (bicyclic) bond motifs is 3. The average Bonchev–Trinajstić information content (AvgIpc) is 3.71. The van der Waals surface area contributed by atoms with E-state index in [1.807, 2.05) is 59.4 Å². The minimum absolute atomic E-state index is 0.0187. The van der Waals surface area contributed by atoms with Crippen LogP contribution in [-0.4, -0.2) is 89.3 Å². The molecular weight excluding hydrogens is 728 g/mol. The number of likely N-dealkylation sites (tertiary alicyclic amines) is 1. The van der Waals surface area contributed by atoms with E-state index in [9.17, 15) is 47.1 Å². The second-order valence-electron chi connectivity index (χ2n) is 13.5. The zero-order chi connectivity index (χ0) is 39.4. The Hall–Kier alpha value is -6.08. The summed E-state index contributed by atoms with van der Waals surface area (Å²) < 4.78 is 44.0. The molecule has 3 aromatic carbocycles. The summed E-state index contributed by atoms with van der Waals surface area (Å²) in [5.41, 5.74) is 5.60. The van der Waals surface area contributed by atoms with Crippen LogP contribution in [0.25, 0.3) is 11.1 Å². The molecule has 5 rings (SSSR count). The lowest BCUT2D eigenvalue weighted by Crippen LogP contribution is -2.55. The highest BCUT2D eigenvalue weighted by Gasteiger charge is 2.40. The quantitative estimate of drug-likeness (QED) is 0.113. The van der Waals surface area contributed by atoms with Crippen LogP contribution in [0.5, 0.6) is 0 Å². The van der Waals surface area contributed by atoms with Gasteiger partial charge in [0, 0.05) is 24.2 Å². The molecule has 286 valence electrons. The van der Waals surface area contributed by atoms with Gasteiger partial charge < -0.3 is 25.0 Å².